The molecule has 0 saturated carbocycles. The molecule has 9 rings (SSSR count). The normalized spacial score (nSPS) is 55.0. The highest BCUT2D eigenvalue weighted by atomic mass is 16.8. The van der Waals surface area contributed by atoms with E-state index in [1.807, 2.05) is 26.0 Å². The maximum atomic E-state index is 14.1. The quantitative estimate of drug-likeness (QED) is 0.288. The largest absolute Gasteiger partial charge is 0.459 e. The van der Waals surface area contributed by atoms with Gasteiger partial charge in [0.15, 0.2) is 17.4 Å². The molecule has 0 aromatic carbocycles. The molecule has 62 heavy (non-hydrogen) atoms. The van der Waals surface area contributed by atoms with E-state index in [-0.39, 0.29) is 50.1 Å². The van der Waals surface area contributed by atoms with E-state index in [0.29, 0.717) is 57.8 Å². The number of aliphatic hydroxyl groups is 4. The minimum absolute atomic E-state index is 0.0379. The minimum Gasteiger partial charge on any atom is -0.459 e. The fourth-order valence-corrected chi connectivity index (χ4v) is 12.5. The Morgan fingerprint density at radius 1 is 0.806 bits per heavy atom. The molecule has 9 aliphatic heterocycles. The van der Waals surface area contributed by atoms with Crippen LogP contribution < -0.4 is 0 Å². The fourth-order valence-electron chi connectivity index (χ4n) is 12.5. The van der Waals surface area contributed by atoms with Crippen LogP contribution in [0.25, 0.3) is 0 Å². The van der Waals surface area contributed by atoms with Crippen LogP contribution >= 0.6 is 0 Å². The van der Waals surface area contributed by atoms with Crippen molar-refractivity contribution in [3.63, 3.8) is 0 Å². The SMILES string of the molecule is CC1=C\[C@H](C)C[C@@]2(C)CC[C@H](O2)[C@@]23CC[C@@](CO)(CC(O2)[C@H]2O[C@](C)(CC2=O)[C@@H](O)[C@@H]2CC[C@]4(CCCC(O4)[C@@H](C)C(=O)O[C@@H]4C[C@H](C5(O)OCC[C@@H](C)C5O)OC4\C=C\1)O2)O3. The Morgan fingerprint density at radius 2 is 1.60 bits per heavy atom. The van der Waals surface area contributed by atoms with Gasteiger partial charge in [-0.05, 0) is 90.9 Å². The van der Waals surface area contributed by atoms with Crippen LogP contribution in [-0.4, -0.2) is 141 Å². The van der Waals surface area contributed by atoms with E-state index in [1.165, 1.54) is 0 Å². The molecule has 8 fully saturated rings. The fraction of sp³-hybridized carbons (Fsp3) is 0.872. The molecule has 9 aliphatic rings. The van der Waals surface area contributed by atoms with Gasteiger partial charge in [0.25, 0.3) is 0 Å². The number of allylic oxidation sites excluding steroid dienone is 3. The zero-order chi connectivity index (χ0) is 44.0. The number of esters is 1. The van der Waals surface area contributed by atoms with E-state index in [2.05, 4.69) is 19.9 Å². The van der Waals surface area contributed by atoms with Crippen molar-refractivity contribution in [2.75, 3.05) is 13.2 Å². The molecule has 15 heteroatoms. The van der Waals surface area contributed by atoms with Gasteiger partial charge in [-0.1, -0.05) is 37.6 Å². The highest BCUT2D eigenvalue weighted by Gasteiger charge is 2.66. The molecule has 0 aromatic heterocycles. The van der Waals surface area contributed by atoms with Crippen molar-refractivity contribution < 1.29 is 72.6 Å². The Bertz CT molecular complexity index is 1770. The lowest BCUT2D eigenvalue weighted by Crippen LogP contribution is -2.59. The number of hydrogen-bond acceptors (Lipinski definition) is 15. The van der Waals surface area contributed by atoms with Crippen molar-refractivity contribution in [3.8, 4) is 0 Å². The van der Waals surface area contributed by atoms with Crippen LogP contribution in [0.2, 0.25) is 0 Å². The van der Waals surface area contributed by atoms with Crippen molar-refractivity contribution in [2.24, 2.45) is 17.8 Å². The maximum absolute atomic E-state index is 14.1. The van der Waals surface area contributed by atoms with Gasteiger partial charge < -0.3 is 63.1 Å². The van der Waals surface area contributed by atoms with Gasteiger partial charge in [-0.3, -0.25) is 9.59 Å². The maximum Gasteiger partial charge on any atom is 0.311 e. The molecule has 5 unspecified atom stereocenters. The van der Waals surface area contributed by atoms with Gasteiger partial charge >= 0.3 is 5.97 Å². The second-order valence-electron chi connectivity index (χ2n) is 21.2. The number of fused-ring (bicyclic) bond motifs is 10. The molecule has 2 spiro atoms. The number of Topliss-reactive ketones (excluding diaryl/α,β-unsaturated/α-hetero) is 1. The molecule has 19 atom stereocenters. The number of carbonyl (C=O) groups excluding carboxylic acids is 2. The number of ether oxygens (including phenoxy) is 9. The zero-order valence-corrected chi connectivity index (χ0v) is 37.3. The highest BCUT2D eigenvalue weighted by Crippen LogP contribution is 2.55. The van der Waals surface area contributed by atoms with Gasteiger partial charge in [0.2, 0.25) is 5.79 Å². The van der Waals surface area contributed by atoms with E-state index in [9.17, 15) is 30.0 Å². The molecule has 0 aliphatic carbocycles. The van der Waals surface area contributed by atoms with E-state index >= 15 is 0 Å². The molecule has 0 aromatic rings. The molecule has 348 valence electrons. The monoisotopic (exact) mass is 874 g/mol. The van der Waals surface area contributed by atoms with Gasteiger partial charge in [0.05, 0.1) is 48.6 Å². The summed E-state index contributed by atoms with van der Waals surface area (Å²) in [7, 11) is 0. The summed E-state index contributed by atoms with van der Waals surface area (Å²) in [5.74, 6) is -5.63. The average molecular weight is 875 g/mol. The van der Waals surface area contributed by atoms with Crippen molar-refractivity contribution in [2.45, 2.75) is 227 Å². The Hall–Kier alpha value is -1.86. The van der Waals surface area contributed by atoms with Crippen LogP contribution in [0.15, 0.2) is 23.8 Å². The summed E-state index contributed by atoms with van der Waals surface area (Å²) in [6.45, 7) is 11.7. The predicted molar refractivity (Wildman–Crippen MR) is 219 cm³/mol. The van der Waals surface area contributed by atoms with Crippen LogP contribution in [0.4, 0.5) is 0 Å². The first-order valence-corrected chi connectivity index (χ1v) is 23.5. The van der Waals surface area contributed by atoms with Gasteiger partial charge in [0, 0.05) is 38.5 Å². The molecule has 15 nitrogen and oxygen atoms in total. The third-order valence-corrected chi connectivity index (χ3v) is 16.0. The summed E-state index contributed by atoms with van der Waals surface area (Å²) in [5.41, 5.74) is -1.73. The van der Waals surface area contributed by atoms with Gasteiger partial charge in [-0.15, -0.1) is 0 Å². The molecule has 0 amide bonds. The Labute approximate surface area is 365 Å². The number of carbonyl (C=O) groups is 2. The summed E-state index contributed by atoms with van der Waals surface area (Å²) >= 11 is 0. The van der Waals surface area contributed by atoms with Crippen LogP contribution in [0.5, 0.6) is 0 Å². The highest BCUT2D eigenvalue weighted by molar-refractivity contribution is 5.86. The number of rotatable bonds is 2. The lowest BCUT2D eigenvalue weighted by molar-refractivity contribution is -0.365. The minimum atomic E-state index is -1.97. The van der Waals surface area contributed by atoms with Crippen LogP contribution in [0.3, 0.4) is 0 Å². The smallest absolute Gasteiger partial charge is 0.311 e. The summed E-state index contributed by atoms with van der Waals surface area (Å²) in [5, 5.41) is 45.5. The molecule has 8 saturated heterocycles. The summed E-state index contributed by atoms with van der Waals surface area (Å²) in [6, 6.07) is 0. The van der Waals surface area contributed by atoms with Crippen LogP contribution in [0.1, 0.15) is 131 Å². The Kier molecular flexibility index (Phi) is 12.0. The third-order valence-electron chi connectivity index (χ3n) is 16.0. The van der Waals surface area contributed by atoms with E-state index < -0.39 is 107 Å². The van der Waals surface area contributed by atoms with Crippen molar-refractivity contribution in [1.82, 2.24) is 0 Å². The van der Waals surface area contributed by atoms with Gasteiger partial charge in [0.1, 0.15) is 48.3 Å². The number of hydrogen-bond donors (Lipinski definition) is 4. The van der Waals surface area contributed by atoms with Gasteiger partial charge in [-0.2, -0.15) is 0 Å². The molecule has 0 radical (unpaired) electrons. The van der Waals surface area contributed by atoms with Crippen molar-refractivity contribution in [3.05, 3.63) is 23.8 Å². The standard InChI is InChI=1S/C47H70O15/c1-26-9-10-32-34(21-37(55-32)47(53)39(50)28(3)13-19-54-47)56-41(52)29(4)31-8-7-14-45(57-31)16-11-33(58-45)40(51)43(6)23-30(49)38(61-43)35-24-44(25-48)17-18-46(59-35,62-44)36-12-15-42(5,60-36)22-27(2)20-26/h9-10,20,27-29,31-40,48,50-51,53H,7-8,11-19,21-25H2,1-6H3/b10-9+,26-20+/t27-,28+,29+,31?,32?,33-,34+,35?,36-,37+,38-,39?,40-,42+,43+,44-,45-,46-,47?/m0/s1. The first-order chi connectivity index (χ1) is 29.3. The number of ketones is 1. The van der Waals surface area contributed by atoms with E-state index in [1.54, 1.807) is 13.8 Å². The topological polar surface area (TPSA) is 198 Å². The van der Waals surface area contributed by atoms with E-state index in [0.717, 1.165) is 18.4 Å². The third kappa shape index (κ3) is 8.09. The van der Waals surface area contributed by atoms with Gasteiger partial charge in [-0.25, -0.2) is 0 Å². The second-order valence-corrected chi connectivity index (χ2v) is 21.2. The molecule has 4 N–H and O–H groups in total. The summed E-state index contributed by atoms with van der Waals surface area (Å²) in [6.07, 6.45) is 4.76. The summed E-state index contributed by atoms with van der Waals surface area (Å²) < 4.78 is 58.8. The van der Waals surface area contributed by atoms with Crippen molar-refractivity contribution >= 4 is 11.8 Å². The Balaban J connectivity index is 1.01. The van der Waals surface area contributed by atoms with Crippen LogP contribution in [0, 0.1) is 17.8 Å². The predicted octanol–water partition coefficient (Wildman–Crippen LogP) is 4.23. The number of aliphatic hydroxyl groups excluding tert-OH is 3. The van der Waals surface area contributed by atoms with Crippen molar-refractivity contribution in [1.29, 1.82) is 0 Å². The Morgan fingerprint density at radius 3 is 2.39 bits per heavy atom. The lowest BCUT2D eigenvalue weighted by atomic mass is 9.87. The summed E-state index contributed by atoms with van der Waals surface area (Å²) in [4.78, 5) is 28.0. The van der Waals surface area contributed by atoms with Crippen LogP contribution in [-0.2, 0) is 52.2 Å². The first kappa shape index (κ1) is 45.3. The molecule has 9 heterocycles. The molecular formula is C47H70O15. The second kappa shape index (κ2) is 16.5. The lowest BCUT2D eigenvalue weighted by Gasteiger charge is -2.47. The molecular weight excluding hydrogens is 805 g/mol. The molecule has 10 bridgehead atoms. The van der Waals surface area contributed by atoms with E-state index in [4.69, 9.17) is 42.6 Å². The first-order valence-electron chi connectivity index (χ1n) is 23.5. The average Bonchev–Trinajstić information content (AvgIpc) is 4.06. The zero-order valence-electron chi connectivity index (χ0n) is 37.3.